The molecule has 7 aromatic rings. The van der Waals surface area contributed by atoms with Gasteiger partial charge in [-0.2, -0.15) is 0 Å². The summed E-state index contributed by atoms with van der Waals surface area (Å²) in [6, 6.07) is 43.1. The molecule has 0 aliphatic rings. The van der Waals surface area contributed by atoms with Crippen LogP contribution in [0.3, 0.4) is 0 Å². The van der Waals surface area contributed by atoms with E-state index in [1.165, 1.54) is 44.8 Å². The van der Waals surface area contributed by atoms with E-state index in [0.29, 0.717) is 0 Å². The van der Waals surface area contributed by atoms with Crippen molar-refractivity contribution in [3.8, 4) is 34.2 Å². The third kappa shape index (κ3) is 6.52. The van der Waals surface area contributed by atoms with Crippen LogP contribution in [0.15, 0.2) is 134 Å². The highest BCUT2D eigenvalue weighted by Crippen LogP contribution is 2.29. The summed E-state index contributed by atoms with van der Waals surface area (Å²) in [6.45, 7) is 8.72. The Hall–Kier alpha value is -5.48. The number of nitrogens with zero attached hydrogens (tertiary/aromatic N) is 4. The second-order valence-electron chi connectivity index (χ2n) is 12.9. The van der Waals surface area contributed by atoms with Gasteiger partial charge in [-0.05, 0) is 86.8 Å². The van der Waals surface area contributed by atoms with Crippen molar-refractivity contribution in [1.82, 2.24) is 19.1 Å². The van der Waals surface area contributed by atoms with Crippen molar-refractivity contribution in [3.05, 3.63) is 178 Å². The maximum absolute atomic E-state index is 5.18. The van der Waals surface area contributed by atoms with Gasteiger partial charge in [0.1, 0.15) is 11.6 Å². The van der Waals surface area contributed by atoms with Crippen molar-refractivity contribution in [2.45, 2.75) is 53.4 Å². The van der Waals surface area contributed by atoms with Crippen LogP contribution in [0.5, 0.6) is 0 Å². The summed E-state index contributed by atoms with van der Waals surface area (Å²) in [4.78, 5) is 10.4. The van der Waals surface area contributed by atoms with Crippen LogP contribution in [0.2, 0.25) is 0 Å². The molecule has 4 heteroatoms. The highest BCUT2D eigenvalue weighted by atomic mass is 15.1. The van der Waals surface area contributed by atoms with Crippen molar-refractivity contribution in [2.75, 3.05) is 0 Å². The third-order valence-corrected chi connectivity index (χ3v) is 9.27. The van der Waals surface area contributed by atoms with Crippen LogP contribution < -0.4 is 0 Å². The number of para-hydroxylation sites is 2. The molecule has 4 nitrogen and oxygen atoms in total. The van der Waals surface area contributed by atoms with E-state index in [1.807, 2.05) is 0 Å². The second-order valence-corrected chi connectivity index (χ2v) is 12.9. The van der Waals surface area contributed by atoms with Crippen LogP contribution in [-0.2, 0) is 25.7 Å². The number of hydrogen-bond donors (Lipinski definition) is 0. The molecule has 0 saturated heterocycles. The number of aryl methyl sites for hydroxylation is 8. The Morgan fingerprint density at radius 2 is 0.792 bits per heavy atom. The zero-order valence-corrected chi connectivity index (χ0v) is 28.3. The van der Waals surface area contributed by atoms with Gasteiger partial charge in [0.25, 0.3) is 0 Å². The lowest BCUT2D eigenvalue weighted by Gasteiger charge is -2.13. The lowest BCUT2D eigenvalue weighted by molar-refractivity contribution is 0.900. The van der Waals surface area contributed by atoms with Gasteiger partial charge < -0.3 is 0 Å². The highest BCUT2D eigenvalue weighted by Gasteiger charge is 2.17. The van der Waals surface area contributed by atoms with Gasteiger partial charge in [-0.1, -0.05) is 121 Å². The lowest BCUT2D eigenvalue weighted by Crippen LogP contribution is -2.01. The Bertz CT molecular complexity index is 1980. The molecule has 0 unspecified atom stereocenters. The van der Waals surface area contributed by atoms with Gasteiger partial charge in [0.15, 0.2) is 0 Å². The molecule has 238 valence electrons. The molecular weight excluding hydrogens is 585 g/mol. The first kappa shape index (κ1) is 31.1. The number of benzene rings is 5. The average molecular weight is 627 g/mol. The van der Waals surface area contributed by atoms with E-state index in [2.05, 4.69) is 171 Å². The van der Waals surface area contributed by atoms with Crippen molar-refractivity contribution >= 4 is 0 Å². The number of hydrogen-bond acceptors (Lipinski definition) is 2. The molecule has 2 aromatic heterocycles. The van der Waals surface area contributed by atoms with Crippen LogP contribution >= 0.6 is 0 Å². The summed E-state index contributed by atoms with van der Waals surface area (Å²) in [5, 5.41) is 0. The molecule has 0 aliphatic carbocycles. The molecule has 0 atom stereocenters. The summed E-state index contributed by atoms with van der Waals surface area (Å²) < 4.78 is 4.57. The summed E-state index contributed by atoms with van der Waals surface area (Å²) in [5.74, 6) is 1.99. The largest absolute Gasteiger partial charge is 0.299 e. The molecule has 0 N–H and O–H groups in total. The zero-order valence-electron chi connectivity index (χ0n) is 28.3. The first-order chi connectivity index (χ1) is 23.4. The maximum Gasteiger partial charge on any atom is 0.144 e. The first-order valence-electron chi connectivity index (χ1n) is 16.9. The van der Waals surface area contributed by atoms with E-state index in [0.717, 1.165) is 59.8 Å². The lowest BCUT2D eigenvalue weighted by atomic mass is 10.0. The fourth-order valence-electron chi connectivity index (χ4n) is 6.88. The van der Waals surface area contributed by atoms with Crippen LogP contribution in [-0.4, -0.2) is 19.1 Å². The Morgan fingerprint density at radius 3 is 1.19 bits per heavy atom. The predicted octanol–water partition coefficient (Wildman–Crippen LogP) is 10.2. The summed E-state index contributed by atoms with van der Waals surface area (Å²) in [5.41, 5.74) is 14.6. The SMILES string of the molecule is Cc1cccc(C)c1-n1cc(CCc2cccc(CCc3cn(-c4c(C)cccc4C)c(-c4ccccc4)n3)c2)nc1-c1ccccc1. The molecule has 7 rings (SSSR count). The molecule has 2 heterocycles. The topological polar surface area (TPSA) is 35.6 Å². The molecule has 0 radical (unpaired) electrons. The Kier molecular flexibility index (Phi) is 8.89. The summed E-state index contributed by atoms with van der Waals surface area (Å²) in [6.07, 6.45) is 8.09. The standard InChI is InChI=1S/C44H42N4/c1-31-14-11-15-32(2)41(31)47-29-39(45-43(47)37-20-7-5-8-21-37)26-24-35-18-13-19-36(28-35)25-27-40-30-48(42-33(3)16-12-17-34(42)4)44(46-40)38-22-9-6-10-23-38/h5-23,28-30H,24-27H2,1-4H3. The van der Waals surface area contributed by atoms with Crippen molar-refractivity contribution < 1.29 is 0 Å². The van der Waals surface area contributed by atoms with Gasteiger partial charge in [-0.3, -0.25) is 9.13 Å². The van der Waals surface area contributed by atoms with Gasteiger partial charge in [0, 0.05) is 23.5 Å². The zero-order chi connectivity index (χ0) is 33.0. The Balaban J connectivity index is 1.11. The van der Waals surface area contributed by atoms with E-state index < -0.39 is 0 Å². The third-order valence-electron chi connectivity index (χ3n) is 9.27. The quantitative estimate of drug-likeness (QED) is 0.151. The van der Waals surface area contributed by atoms with Crippen molar-refractivity contribution in [1.29, 1.82) is 0 Å². The van der Waals surface area contributed by atoms with E-state index in [1.54, 1.807) is 0 Å². The summed E-state index contributed by atoms with van der Waals surface area (Å²) in [7, 11) is 0. The molecule has 0 aliphatic heterocycles. The fraction of sp³-hybridized carbons (Fsp3) is 0.182. The van der Waals surface area contributed by atoms with Crippen LogP contribution in [0.4, 0.5) is 0 Å². The molecule has 0 amide bonds. The number of aromatic nitrogens is 4. The van der Waals surface area contributed by atoms with Crippen LogP contribution in [0, 0.1) is 27.7 Å². The number of imidazole rings is 2. The Labute approximate surface area is 284 Å². The van der Waals surface area contributed by atoms with E-state index in [4.69, 9.17) is 9.97 Å². The highest BCUT2D eigenvalue weighted by molar-refractivity contribution is 5.63. The average Bonchev–Trinajstić information content (AvgIpc) is 3.72. The molecule has 0 saturated carbocycles. The second kappa shape index (κ2) is 13.7. The van der Waals surface area contributed by atoms with Gasteiger partial charge in [0.2, 0.25) is 0 Å². The molecule has 48 heavy (non-hydrogen) atoms. The van der Waals surface area contributed by atoms with Crippen LogP contribution in [0.25, 0.3) is 34.2 Å². The van der Waals surface area contributed by atoms with Crippen LogP contribution in [0.1, 0.15) is 44.8 Å². The molecule has 5 aromatic carbocycles. The van der Waals surface area contributed by atoms with E-state index >= 15 is 0 Å². The molecule has 0 bridgehead atoms. The first-order valence-corrected chi connectivity index (χ1v) is 16.9. The fourth-order valence-corrected chi connectivity index (χ4v) is 6.88. The molecule has 0 spiro atoms. The molecular formula is C44H42N4. The monoisotopic (exact) mass is 626 g/mol. The van der Waals surface area contributed by atoms with Gasteiger partial charge in [0.05, 0.1) is 22.8 Å². The summed E-state index contributed by atoms with van der Waals surface area (Å²) >= 11 is 0. The van der Waals surface area contributed by atoms with E-state index in [9.17, 15) is 0 Å². The van der Waals surface area contributed by atoms with Gasteiger partial charge in [-0.25, -0.2) is 9.97 Å². The minimum Gasteiger partial charge on any atom is -0.299 e. The normalized spacial score (nSPS) is 11.2. The predicted molar refractivity (Wildman–Crippen MR) is 198 cm³/mol. The van der Waals surface area contributed by atoms with E-state index in [-0.39, 0.29) is 0 Å². The maximum atomic E-state index is 5.18. The molecule has 0 fully saturated rings. The van der Waals surface area contributed by atoms with Crippen molar-refractivity contribution in [3.63, 3.8) is 0 Å². The van der Waals surface area contributed by atoms with Crippen molar-refractivity contribution in [2.24, 2.45) is 0 Å². The Morgan fingerprint density at radius 1 is 0.417 bits per heavy atom. The minimum absolute atomic E-state index is 0.877. The van der Waals surface area contributed by atoms with Gasteiger partial charge in [-0.15, -0.1) is 0 Å². The smallest absolute Gasteiger partial charge is 0.144 e. The minimum atomic E-state index is 0.877. The number of rotatable bonds is 10. The van der Waals surface area contributed by atoms with Gasteiger partial charge >= 0.3 is 0 Å².